The lowest BCUT2D eigenvalue weighted by Gasteiger charge is -2.37. The lowest BCUT2D eigenvalue weighted by atomic mass is 10.0. The van der Waals surface area contributed by atoms with Crippen molar-refractivity contribution in [3.05, 3.63) is 29.6 Å². The first-order valence-corrected chi connectivity index (χ1v) is 6.31. The molecule has 1 aromatic rings. The topological polar surface area (TPSA) is 44.4 Å². The van der Waals surface area contributed by atoms with Crippen molar-refractivity contribution in [3.8, 4) is 0 Å². The van der Waals surface area contributed by atoms with Gasteiger partial charge in [0, 0.05) is 12.6 Å². The minimum atomic E-state index is -0.315. The van der Waals surface area contributed by atoms with Gasteiger partial charge in [-0.15, -0.1) is 0 Å². The Morgan fingerprint density at radius 1 is 1.28 bits per heavy atom. The highest BCUT2D eigenvalue weighted by atomic mass is 19.1. The first-order valence-electron chi connectivity index (χ1n) is 6.31. The normalized spacial score (nSPS) is 20.5. The van der Waals surface area contributed by atoms with Crippen LogP contribution in [0.25, 0.3) is 0 Å². The van der Waals surface area contributed by atoms with E-state index in [0.29, 0.717) is 12.2 Å². The molecule has 0 aromatic heterocycles. The van der Waals surface area contributed by atoms with Crippen molar-refractivity contribution < 1.29 is 9.18 Å². The fourth-order valence-corrected chi connectivity index (χ4v) is 2.66. The fraction of sp³-hybridized carbons (Fsp3) is 0.462. The predicted molar refractivity (Wildman–Crippen MR) is 66.9 cm³/mol. The maximum absolute atomic E-state index is 13.1. The van der Waals surface area contributed by atoms with Crippen molar-refractivity contribution in [1.29, 1.82) is 0 Å². The number of anilines is 1. The van der Waals surface area contributed by atoms with Crippen LogP contribution in [0.4, 0.5) is 14.9 Å². The van der Waals surface area contributed by atoms with Crippen molar-refractivity contribution in [2.45, 2.75) is 25.4 Å². The Hall–Kier alpha value is -1.62. The number of hydrogen-bond donors (Lipinski definition) is 2. The SMILES string of the molecule is O=C1Nc2cc(F)ccc2CN1C1CCNCC1. The molecule has 2 N–H and O–H groups in total. The summed E-state index contributed by atoms with van der Waals surface area (Å²) in [6, 6.07) is 4.74. The Balaban J connectivity index is 1.82. The number of fused-ring (bicyclic) bond motifs is 1. The number of piperidine rings is 1. The van der Waals surface area contributed by atoms with Crippen LogP contribution in [0.5, 0.6) is 0 Å². The third-order valence-electron chi connectivity index (χ3n) is 3.66. The van der Waals surface area contributed by atoms with E-state index >= 15 is 0 Å². The average molecular weight is 249 g/mol. The summed E-state index contributed by atoms with van der Waals surface area (Å²) in [4.78, 5) is 13.9. The minimum Gasteiger partial charge on any atom is -0.317 e. The van der Waals surface area contributed by atoms with Crippen LogP contribution >= 0.6 is 0 Å². The molecule has 0 atom stereocenters. The third kappa shape index (κ3) is 2.06. The minimum absolute atomic E-state index is 0.111. The van der Waals surface area contributed by atoms with E-state index in [1.165, 1.54) is 12.1 Å². The van der Waals surface area contributed by atoms with E-state index in [0.717, 1.165) is 31.5 Å². The summed E-state index contributed by atoms with van der Waals surface area (Å²) >= 11 is 0. The summed E-state index contributed by atoms with van der Waals surface area (Å²) in [5, 5.41) is 6.06. The van der Waals surface area contributed by atoms with Gasteiger partial charge in [-0.05, 0) is 43.6 Å². The molecule has 18 heavy (non-hydrogen) atoms. The molecule has 96 valence electrons. The largest absolute Gasteiger partial charge is 0.322 e. The van der Waals surface area contributed by atoms with Crippen LogP contribution in [0.15, 0.2) is 18.2 Å². The second-order valence-corrected chi connectivity index (χ2v) is 4.84. The zero-order valence-corrected chi connectivity index (χ0v) is 10.1. The highest BCUT2D eigenvalue weighted by Crippen LogP contribution is 2.27. The number of urea groups is 1. The number of benzene rings is 1. The number of nitrogens with one attached hydrogen (secondary N) is 2. The first-order chi connectivity index (χ1) is 8.74. The van der Waals surface area contributed by atoms with Gasteiger partial charge in [0.05, 0.1) is 5.69 Å². The molecule has 0 spiro atoms. The van der Waals surface area contributed by atoms with Gasteiger partial charge in [-0.3, -0.25) is 0 Å². The van der Waals surface area contributed by atoms with E-state index in [9.17, 15) is 9.18 Å². The van der Waals surface area contributed by atoms with Crippen molar-refractivity contribution >= 4 is 11.7 Å². The predicted octanol–water partition coefficient (Wildman–Crippen LogP) is 1.93. The lowest BCUT2D eigenvalue weighted by Crippen LogP contribution is -2.49. The van der Waals surface area contributed by atoms with Crippen LogP contribution in [0.1, 0.15) is 18.4 Å². The van der Waals surface area contributed by atoms with Gasteiger partial charge in [0.2, 0.25) is 0 Å². The van der Waals surface area contributed by atoms with Crippen LogP contribution in [0, 0.1) is 5.82 Å². The molecule has 4 nitrogen and oxygen atoms in total. The Morgan fingerprint density at radius 2 is 2.06 bits per heavy atom. The molecule has 2 aliphatic rings. The summed E-state index contributed by atoms with van der Waals surface area (Å²) in [6.07, 6.45) is 1.95. The molecule has 2 amide bonds. The number of carbonyl (C=O) groups is 1. The number of nitrogens with zero attached hydrogens (tertiary/aromatic N) is 1. The highest BCUT2D eigenvalue weighted by molar-refractivity contribution is 5.92. The van der Waals surface area contributed by atoms with Gasteiger partial charge < -0.3 is 15.5 Å². The van der Waals surface area contributed by atoms with Crippen molar-refractivity contribution in [2.24, 2.45) is 0 Å². The van der Waals surface area contributed by atoms with E-state index in [1.807, 2.05) is 4.90 Å². The van der Waals surface area contributed by atoms with Crippen LogP contribution in [-0.2, 0) is 6.54 Å². The molecule has 2 aliphatic heterocycles. The molecule has 5 heteroatoms. The first kappa shape index (κ1) is 11.5. The van der Waals surface area contributed by atoms with E-state index in [-0.39, 0.29) is 17.9 Å². The molecule has 0 bridgehead atoms. The van der Waals surface area contributed by atoms with Crippen LogP contribution in [0.3, 0.4) is 0 Å². The number of carbonyl (C=O) groups excluding carboxylic acids is 1. The van der Waals surface area contributed by atoms with E-state index in [2.05, 4.69) is 10.6 Å². The van der Waals surface area contributed by atoms with Crippen molar-refractivity contribution in [3.63, 3.8) is 0 Å². The van der Waals surface area contributed by atoms with Gasteiger partial charge in [0.1, 0.15) is 5.82 Å². The lowest BCUT2D eigenvalue weighted by molar-refractivity contribution is 0.163. The van der Waals surface area contributed by atoms with Crippen molar-refractivity contribution in [1.82, 2.24) is 10.2 Å². The molecule has 1 fully saturated rings. The zero-order chi connectivity index (χ0) is 12.5. The van der Waals surface area contributed by atoms with E-state index in [1.54, 1.807) is 6.07 Å². The van der Waals surface area contributed by atoms with Gasteiger partial charge in [0.15, 0.2) is 0 Å². The molecular formula is C13H16FN3O. The Bertz CT molecular complexity index is 471. The summed E-state index contributed by atoms with van der Waals surface area (Å²) in [5.74, 6) is -0.315. The van der Waals surface area contributed by atoms with E-state index in [4.69, 9.17) is 0 Å². The van der Waals surface area contributed by atoms with Crippen LogP contribution in [0.2, 0.25) is 0 Å². The maximum Gasteiger partial charge on any atom is 0.322 e. The summed E-state index contributed by atoms with van der Waals surface area (Å²) < 4.78 is 13.1. The standard InChI is InChI=1S/C13H16FN3O/c14-10-2-1-9-8-17(11-3-5-15-6-4-11)13(18)16-12(9)7-10/h1-2,7,11,15H,3-6,8H2,(H,16,18). The summed E-state index contributed by atoms with van der Waals surface area (Å²) in [6.45, 7) is 2.47. The summed E-state index contributed by atoms with van der Waals surface area (Å²) in [7, 11) is 0. The van der Waals surface area contributed by atoms with Crippen LogP contribution in [-0.4, -0.2) is 30.1 Å². The Morgan fingerprint density at radius 3 is 2.83 bits per heavy atom. The molecule has 0 saturated carbocycles. The van der Waals surface area contributed by atoms with Gasteiger partial charge >= 0.3 is 6.03 Å². The maximum atomic E-state index is 13.1. The number of hydrogen-bond acceptors (Lipinski definition) is 2. The highest BCUT2D eigenvalue weighted by Gasteiger charge is 2.29. The van der Waals surface area contributed by atoms with Gasteiger partial charge in [-0.1, -0.05) is 6.07 Å². The summed E-state index contributed by atoms with van der Waals surface area (Å²) in [5.41, 5.74) is 1.58. The third-order valence-corrected chi connectivity index (χ3v) is 3.66. The van der Waals surface area contributed by atoms with Gasteiger partial charge in [-0.2, -0.15) is 0 Å². The number of rotatable bonds is 1. The Kier molecular flexibility index (Phi) is 2.91. The zero-order valence-electron chi connectivity index (χ0n) is 10.1. The smallest absolute Gasteiger partial charge is 0.317 e. The molecule has 0 unspecified atom stereocenters. The molecule has 1 saturated heterocycles. The molecular weight excluding hydrogens is 233 g/mol. The van der Waals surface area contributed by atoms with Crippen molar-refractivity contribution in [2.75, 3.05) is 18.4 Å². The molecule has 3 rings (SSSR count). The van der Waals surface area contributed by atoms with Gasteiger partial charge in [-0.25, -0.2) is 9.18 Å². The van der Waals surface area contributed by atoms with Crippen LogP contribution < -0.4 is 10.6 Å². The van der Waals surface area contributed by atoms with E-state index < -0.39 is 0 Å². The molecule has 1 aromatic carbocycles. The quantitative estimate of drug-likeness (QED) is 0.798. The number of amides is 2. The molecule has 0 radical (unpaired) electrons. The fourth-order valence-electron chi connectivity index (χ4n) is 2.66. The number of halogens is 1. The van der Waals surface area contributed by atoms with Gasteiger partial charge in [0.25, 0.3) is 0 Å². The molecule has 2 heterocycles. The second-order valence-electron chi connectivity index (χ2n) is 4.84. The second kappa shape index (κ2) is 4.57. The Labute approximate surface area is 105 Å². The monoisotopic (exact) mass is 249 g/mol. The average Bonchev–Trinajstić information content (AvgIpc) is 2.39. The molecule has 0 aliphatic carbocycles.